The molecule has 86 valence electrons. The molecule has 2 aliphatic heterocycles. The lowest BCUT2D eigenvalue weighted by molar-refractivity contribution is 0.377. The first-order chi connectivity index (χ1) is 8.22. The third-order valence-corrected chi connectivity index (χ3v) is 4.43. The van der Waals surface area contributed by atoms with Gasteiger partial charge in [0.05, 0.1) is 5.69 Å². The van der Waals surface area contributed by atoms with Crippen molar-refractivity contribution >= 4 is 23.1 Å². The van der Waals surface area contributed by atoms with Crippen molar-refractivity contribution in [2.24, 2.45) is 10.9 Å². The summed E-state index contributed by atoms with van der Waals surface area (Å²) in [7, 11) is 0. The molecule has 0 amide bonds. The van der Waals surface area contributed by atoms with E-state index in [1.54, 1.807) is 0 Å². The molecule has 2 heterocycles. The van der Waals surface area contributed by atoms with Gasteiger partial charge in [0, 0.05) is 23.5 Å². The summed E-state index contributed by atoms with van der Waals surface area (Å²) in [6, 6.07) is 4.75. The predicted molar refractivity (Wildman–Crippen MR) is 69.9 cm³/mol. The monoisotopic (exact) mass is 244 g/mol. The fraction of sp³-hybridized carbons (Fsp3) is 0.357. The molecule has 2 atom stereocenters. The van der Waals surface area contributed by atoms with Gasteiger partial charge >= 0.3 is 0 Å². The Morgan fingerprint density at radius 2 is 2.24 bits per heavy atom. The van der Waals surface area contributed by atoms with Gasteiger partial charge in [-0.2, -0.15) is 0 Å². The van der Waals surface area contributed by atoms with Gasteiger partial charge in [-0.05, 0) is 30.5 Å². The Bertz CT molecular complexity index is 574. The second kappa shape index (κ2) is 3.14. The number of benzene rings is 1. The Morgan fingerprint density at radius 1 is 1.35 bits per heavy atom. The minimum atomic E-state index is 0.535. The summed E-state index contributed by atoms with van der Waals surface area (Å²) in [6.45, 7) is 3.04. The van der Waals surface area contributed by atoms with Crippen LogP contribution in [0.4, 0.5) is 5.69 Å². The Hall–Kier alpha value is -1.28. The SMILES string of the molecule is Cc1cc2c(cc1Cl)N=C1C3C=CC(C3)N1C2. The molecule has 2 unspecified atom stereocenters. The molecule has 1 aliphatic carbocycles. The minimum Gasteiger partial charge on any atom is -0.349 e. The van der Waals surface area contributed by atoms with Gasteiger partial charge in [0.15, 0.2) is 0 Å². The molecule has 0 N–H and O–H groups in total. The van der Waals surface area contributed by atoms with Crippen LogP contribution in [0.25, 0.3) is 0 Å². The van der Waals surface area contributed by atoms with Crippen LogP contribution in [-0.2, 0) is 6.54 Å². The van der Waals surface area contributed by atoms with Crippen molar-refractivity contribution in [2.45, 2.75) is 25.9 Å². The Morgan fingerprint density at radius 3 is 3.12 bits per heavy atom. The molecule has 4 rings (SSSR count). The lowest BCUT2D eigenvalue weighted by Crippen LogP contribution is -2.36. The summed E-state index contributed by atoms with van der Waals surface area (Å²) in [5.74, 6) is 1.78. The molecule has 2 nitrogen and oxygen atoms in total. The highest BCUT2D eigenvalue weighted by Crippen LogP contribution is 2.41. The zero-order chi connectivity index (χ0) is 11.6. The van der Waals surface area contributed by atoms with Crippen molar-refractivity contribution in [1.29, 1.82) is 0 Å². The van der Waals surface area contributed by atoms with Crippen molar-refractivity contribution in [2.75, 3.05) is 0 Å². The molecule has 1 aromatic rings. The topological polar surface area (TPSA) is 15.6 Å². The molecule has 0 radical (unpaired) electrons. The highest BCUT2D eigenvalue weighted by molar-refractivity contribution is 6.31. The second-order valence-electron chi connectivity index (χ2n) is 5.12. The lowest BCUT2D eigenvalue weighted by atomic mass is 10.0. The van der Waals surface area contributed by atoms with Crippen LogP contribution in [0.5, 0.6) is 0 Å². The van der Waals surface area contributed by atoms with Crippen molar-refractivity contribution < 1.29 is 0 Å². The molecule has 2 bridgehead atoms. The molecule has 0 aromatic heterocycles. The Kier molecular flexibility index (Phi) is 1.79. The van der Waals surface area contributed by atoms with E-state index in [1.165, 1.54) is 17.8 Å². The maximum absolute atomic E-state index is 6.17. The van der Waals surface area contributed by atoms with E-state index in [9.17, 15) is 0 Å². The van der Waals surface area contributed by atoms with Gasteiger partial charge in [-0.1, -0.05) is 29.8 Å². The van der Waals surface area contributed by atoms with Gasteiger partial charge < -0.3 is 4.90 Å². The summed E-state index contributed by atoms with van der Waals surface area (Å²) in [5, 5.41) is 0.820. The third kappa shape index (κ3) is 1.25. The number of fused-ring (bicyclic) bond motifs is 6. The third-order valence-electron chi connectivity index (χ3n) is 4.02. The average Bonchev–Trinajstić information content (AvgIpc) is 2.89. The van der Waals surface area contributed by atoms with Crippen molar-refractivity contribution in [3.63, 3.8) is 0 Å². The van der Waals surface area contributed by atoms with Gasteiger partial charge in [-0.25, -0.2) is 4.99 Å². The summed E-state index contributed by atoms with van der Waals surface area (Å²) >= 11 is 6.17. The molecule has 0 saturated carbocycles. The fourth-order valence-electron chi connectivity index (χ4n) is 3.10. The van der Waals surface area contributed by atoms with E-state index in [4.69, 9.17) is 16.6 Å². The number of aliphatic imine (C=N–C) groups is 1. The normalized spacial score (nSPS) is 28.1. The average molecular weight is 245 g/mol. The van der Waals surface area contributed by atoms with Gasteiger partial charge in [0.2, 0.25) is 0 Å². The molecule has 1 aromatic carbocycles. The van der Waals surface area contributed by atoms with Crippen LogP contribution in [0, 0.1) is 12.8 Å². The highest BCUT2D eigenvalue weighted by atomic mass is 35.5. The molecule has 3 heteroatoms. The molecule has 17 heavy (non-hydrogen) atoms. The van der Waals surface area contributed by atoms with Gasteiger partial charge in [-0.15, -0.1) is 0 Å². The fourth-order valence-corrected chi connectivity index (χ4v) is 3.26. The zero-order valence-electron chi connectivity index (χ0n) is 9.65. The lowest BCUT2D eigenvalue weighted by Gasteiger charge is -2.31. The second-order valence-corrected chi connectivity index (χ2v) is 5.53. The van der Waals surface area contributed by atoms with E-state index in [-0.39, 0.29) is 0 Å². The number of nitrogens with zero attached hydrogens (tertiary/aromatic N) is 2. The van der Waals surface area contributed by atoms with Gasteiger partial charge in [-0.3, -0.25) is 0 Å². The first kappa shape index (κ1) is 9.72. The van der Waals surface area contributed by atoms with E-state index in [1.807, 2.05) is 6.07 Å². The molecular formula is C14H13ClN2. The van der Waals surface area contributed by atoms with Crippen LogP contribution < -0.4 is 0 Å². The molecule has 0 spiro atoms. The first-order valence-electron chi connectivity index (χ1n) is 6.05. The summed E-state index contributed by atoms with van der Waals surface area (Å²) in [6.07, 6.45) is 5.82. The van der Waals surface area contributed by atoms with Crippen LogP contribution in [-0.4, -0.2) is 16.8 Å². The predicted octanol–water partition coefficient (Wildman–Crippen LogP) is 3.45. The van der Waals surface area contributed by atoms with E-state index in [0.29, 0.717) is 12.0 Å². The zero-order valence-corrected chi connectivity index (χ0v) is 10.4. The summed E-state index contributed by atoms with van der Waals surface area (Å²) in [5.41, 5.74) is 3.51. The number of aryl methyl sites for hydroxylation is 1. The quantitative estimate of drug-likeness (QED) is 0.639. The first-order valence-corrected chi connectivity index (χ1v) is 6.43. The summed E-state index contributed by atoms with van der Waals surface area (Å²) in [4.78, 5) is 7.23. The summed E-state index contributed by atoms with van der Waals surface area (Å²) < 4.78 is 0. The van der Waals surface area contributed by atoms with Crippen LogP contribution in [0.2, 0.25) is 5.02 Å². The van der Waals surface area contributed by atoms with Crippen LogP contribution in [0.15, 0.2) is 29.3 Å². The highest BCUT2D eigenvalue weighted by Gasteiger charge is 2.40. The number of amidine groups is 1. The maximum atomic E-state index is 6.17. The smallest absolute Gasteiger partial charge is 0.113 e. The van der Waals surface area contributed by atoms with Gasteiger partial charge in [0.1, 0.15) is 5.84 Å². The van der Waals surface area contributed by atoms with Crippen LogP contribution in [0.1, 0.15) is 17.5 Å². The van der Waals surface area contributed by atoms with E-state index >= 15 is 0 Å². The maximum Gasteiger partial charge on any atom is 0.113 e. The Labute approximate surface area is 106 Å². The van der Waals surface area contributed by atoms with Crippen LogP contribution in [0.3, 0.4) is 0 Å². The van der Waals surface area contributed by atoms with E-state index < -0.39 is 0 Å². The molecular weight excluding hydrogens is 232 g/mol. The number of hydrogen-bond acceptors (Lipinski definition) is 2. The number of rotatable bonds is 0. The number of halogens is 1. The van der Waals surface area contributed by atoms with Crippen molar-refractivity contribution in [3.8, 4) is 0 Å². The minimum absolute atomic E-state index is 0.535. The standard InChI is InChI=1S/C14H13ClN2/c1-8-4-10-7-17-11-3-2-9(5-11)14(17)16-13(10)6-12(8)15/h2-4,6,9,11H,5,7H2,1H3. The van der Waals surface area contributed by atoms with Crippen LogP contribution >= 0.6 is 11.6 Å². The van der Waals surface area contributed by atoms with E-state index in [0.717, 1.165) is 22.8 Å². The van der Waals surface area contributed by atoms with Crippen molar-refractivity contribution in [3.05, 3.63) is 40.4 Å². The van der Waals surface area contributed by atoms with Crippen molar-refractivity contribution in [1.82, 2.24) is 4.90 Å². The van der Waals surface area contributed by atoms with E-state index in [2.05, 4.69) is 30.0 Å². The van der Waals surface area contributed by atoms with Gasteiger partial charge in [0.25, 0.3) is 0 Å². The largest absolute Gasteiger partial charge is 0.349 e. The Balaban J connectivity index is 1.87. The molecule has 3 aliphatic rings. The number of hydrogen-bond donors (Lipinski definition) is 0. The molecule has 1 fully saturated rings. The molecule has 1 saturated heterocycles.